The van der Waals surface area contributed by atoms with Gasteiger partial charge in [-0.15, -0.1) is 0 Å². The molecule has 2 N–H and O–H groups in total. The largest absolute Gasteiger partial charge is 0.465 e. The number of hydrogen-bond donors (Lipinski definition) is 2. The number of rotatable bonds is 6. The molecule has 0 aliphatic heterocycles. The molecule has 2 aromatic rings. The van der Waals surface area contributed by atoms with E-state index in [9.17, 15) is 9.59 Å². The Bertz CT molecular complexity index is 663. The van der Waals surface area contributed by atoms with Crippen LogP contribution in [0, 0.1) is 0 Å². The van der Waals surface area contributed by atoms with Gasteiger partial charge in [0.2, 0.25) is 0 Å². The van der Waals surface area contributed by atoms with Gasteiger partial charge in [-0.25, -0.2) is 9.59 Å². The molecule has 0 saturated carbocycles. The summed E-state index contributed by atoms with van der Waals surface area (Å²) in [6.45, 7) is 4.38. The number of anilines is 2. The maximum atomic E-state index is 11.1. The maximum absolute atomic E-state index is 11.1. The average Bonchev–Trinajstić information content (AvgIpc) is 2.58. The molecule has 0 aliphatic carbocycles. The standard InChI is InChI=1S/C19H22N2O4/c1-3-20(18(22)23)16-9-5-14(6-10-16)13-15-7-11-17(12-8-15)21(4-2)19(24)25/h5-12H,3-4,13H2,1-2H3,(H,22,23)(H,24,25). The zero-order chi connectivity index (χ0) is 18.4. The number of carboxylic acid groups (broad SMARTS) is 2. The van der Waals surface area contributed by atoms with Gasteiger partial charge in [-0.05, 0) is 55.7 Å². The summed E-state index contributed by atoms with van der Waals surface area (Å²) < 4.78 is 0. The minimum absolute atomic E-state index is 0.396. The van der Waals surface area contributed by atoms with E-state index in [-0.39, 0.29) is 0 Å². The van der Waals surface area contributed by atoms with E-state index in [2.05, 4.69) is 0 Å². The highest BCUT2D eigenvalue weighted by Crippen LogP contribution is 2.20. The van der Waals surface area contributed by atoms with E-state index in [0.717, 1.165) is 11.1 Å². The second-order valence-electron chi connectivity index (χ2n) is 5.56. The molecule has 25 heavy (non-hydrogen) atoms. The Morgan fingerprint density at radius 2 is 1.04 bits per heavy atom. The first kappa shape index (κ1) is 18.3. The fourth-order valence-electron chi connectivity index (χ4n) is 2.68. The predicted octanol–water partition coefficient (Wildman–Crippen LogP) is 4.29. The Balaban J connectivity index is 2.09. The molecule has 0 atom stereocenters. The molecule has 6 nitrogen and oxygen atoms in total. The topological polar surface area (TPSA) is 81.1 Å². The predicted molar refractivity (Wildman–Crippen MR) is 97.8 cm³/mol. The Morgan fingerprint density at radius 1 is 0.720 bits per heavy atom. The van der Waals surface area contributed by atoms with Gasteiger partial charge in [0.1, 0.15) is 0 Å². The van der Waals surface area contributed by atoms with Gasteiger partial charge in [0.05, 0.1) is 0 Å². The van der Waals surface area contributed by atoms with E-state index in [1.807, 2.05) is 24.3 Å². The van der Waals surface area contributed by atoms with Gasteiger partial charge in [-0.3, -0.25) is 9.80 Å². The van der Waals surface area contributed by atoms with Crippen LogP contribution >= 0.6 is 0 Å². The lowest BCUT2D eigenvalue weighted by atomic mass is 10.0. The molecule has 6 heteroatoms. The van der Waals surface area contributed by atoms with E-state index in [4.69, 9.17) is 10.2 Å². The van der Waals surface area contributed by atoms with Crippen LogP contribution in [0.25, 0.3) is 0 Å². The van der Waals surface area contributed by atoms with E-state index < -0.39 is 12.2 Å². The highest BCUT2D eigenvalue weighted by atomic mass is 16.4. The van der Waals surface area contributed by atoms with E-state index in [1.165, 1.54) is 9.80 Å². The molecule has 0 heterocycles. The number of benzene rings is 2. The molecule has 0 unspecified atom stereocenters. The smallest absolute Gasteiger partial charge is 0.411 e. The van der Waals surface area contributed by atoms with Crippen molar-refractivity contribution in [1.29, 1.82) is 0 Å². The average molecular weight is 342 g/mol. The lowest BCUT2D eigenvalue weighted by Gasteiger charge is -2.18. The van der Waals surface area contributed by atoms with Crippen molar-refractivity contribution in [2.45, 2.75) is 20.3 Å². The molecule has 132 valence electrons. The molecule has 0 radical (unpaired) electrons. The zero-order valence-electron chi connectivity index (χ0n) is 14.3. The summed E-state index contributed by atoms with van der Waals surface area (Å²) in [5, 5.41) is 18.3. The van der Waals surface area contributed by atoms with Crippen LogP contribution in [0.15, 0.2) is 48.5 Å². The molecule has 0 fully saturated rings. The number of amides is 2. The molecular weight excluding hydrogens is 320 g/mol. The van der Waals surface area contributed by atoms with Crippen molar-refractivity contribution in [1.82, 2.24) is 0 Å². The molecule has 0 aromatic heterocycles. The maximum Gasteiger partial charge on any atom is 0.411 e. The highest BCUT2D eigenvalue weighted by molar-refractivity contribution is 5.86. The molecule has 2 amide bonds. The van der Waals surface area contributed by atoms with Gasteiger partial charge in [0.25, 0.3) is 0 Å². The van der Waals surface area contributed by atoms with Gasteiger partial charge < -0.3 is 10.2 Å². The third-order valence-electron chi connectivity index (χ3n) is 4.00. The van der Waals surface area contributed by atoms with Gasteiger partial charge in [0.15, 0.2) is 0 Å². The molecule has 0 bridgehead atoms. The van der Waals surface area contributed by atoms with Crippen molar-refractivity contribution < 1.29 is 19.8 Å². The number of nitrogens with zero attached hydrogens (tertiary/aromatic N) is 2. The molecular formula is C19H22N2O4. The third kappa shape index (κ3) is 4.50. The van der Waals surface area contributed by atoms with E-state index >= 15 is 0 Å². The van der Waals surface area contributed by atoms with Crippen molar-refractivity contribution in [3.8, 4) is 0 Å². The van der Waals surface area contributed by atoms with E-state index in [1.54, 1.807) is 38.1 Å². The minimum Gasteiger partial charge on any atom is -0.465 e. The highest BCUT2D eigenvalue weighted by Gasteiger charge is 2.12. The van der Waals surface area contributed by atoms with Crippen LogP contribution in [0.2, 0.25) is 0 Å². The Hall–Kier alpha value is -3.02. The minimum atomic E-state index is -0.968. The number of carbonyl (C=O) groups is 2. The molecule has 0 spiro atoms. The van der Waals surface area contributed by atoms with Crippen molar-refractivity contribution >= 4 is 23.6 Å². The Labute approximate surface area is 146 Å². The molecule has 2 aromatic carbocycles. The summed E-state index contributed by atoms with van der Waals surface area (Å²) in [7, 11) is 0. The van der Waals surface area contributed by atoms with Crippen LogP contribution in [-0.2, 0) is 6.42 Å². The lowest BCUT2D eigenvalue weighted by Crippen LogP contribution is -2.28. The van der Waals surface area contributed by atoms with Gasteiger partial charge >= 0.3 is 12.2 Å². The Morgan fingerprint density at radius 3 is 1.28 bits per heavy atom. The lowest BCUT2D eigenvalue weighted by molar-refractivity contribution is 0.201. The summed E-state index contributed by atoms with van der Waals surface area (Å²) in [5.74, 6) is 0. The summed E-state index contributed by atoms with van der Waals surface area (Å²) in [6, 6.07) is 14.8. The van der Waals surface area contributed by atoms with Crippen molar-refractivity contribution in [3.05, 3.63) is 59.7 Å². The summed E-state index contributed by atoms with van der Waals surface area (Å²) in [5.41, 5.74) is 3.41. The van der Waals surface area contributed by atoms with Gasteiger partial charge in [-0.2, -0.15) is 0 Å². The van der Waals surface area contributed by atoms with Gasteiger partial charge in [0, 0.05) is 24.5 Å². The first-order valence-electron chi connectivity index (χ1n) is 8.15. The zero-order valence-corrected chi connectivity index (χ0v) is 14.3. The SMILES string of the molecule is CCN(C(=O)O)c1ccc(Cc2ccc(N(CC)C(=O)O)cc2)cc1. The van der Waals surface area contributed by atoms with Crippen LogP contribution in [-0.4, -0.2) is 35.5 Å². The Kier molecular flexibility index (Phi) is 6.00. The quantitative estimate of drug-likeness (QED) is 0.821. The van der Waals surface area contributed by atoms with E-state index in [0.29, 0.717) is 30.9 Å². The summed E-state index contributed by atoms with van der Waals surface area (Å²) >= 11 is 0. The monoisotopic (exact) mass is 342 g/mol. The van der Waals surface area contributed by atoms with Crippen LogP contribution in [0.3, 0.4) is 0 Å². The summed E-state index contributed by atoms with van der Waals surface area (Å²) in [4.78, 5) is 24.9. The van der Waals surface area contributed by atoms with Crippen LogP contribution in [0.5, 0.6) is 0 Å². The third-order valence-corrected chi connectivity index (χ3v) is 4.00. The molecule has 0 saturated heterocycles. The normalized spacial score (nSPS) is 10.3. The van der Waals surface area contributed by atoms with Crippen LogP contribution < -0.4 is 9.80 Å². The van der Waals surface area contributed by atoms with Crippen molar-refractivity contribution in [3.63, 3.8) is 0 Å². The summed E-state index contributed by atoms with van der Waals surface area (Å²) in [6.07, 6.45) is -1.24. The second kappa shape index (κ2) is 8.19. The molecule has 0 aliphatic rings. The van der Waals surface area contributed by atoms with Crippen LogP contribution in [0.4, 0.5) is 21.0 Å². The second-order valence-corrected chi connectivity index (χ2v) is 5.56. The van der Waals surface area contributed by atoms with Crippen molar-refractivity contribution in [2.24, 2.45) is 0 Å². The number of hydrogen-bond acceptors (Lipinski definition) is 2. The first-order chi connectivity index (χ1) is 12.0. The fourth-order valence-corrected chi connectivity index (χ4v) is 2.68. The van der Waals surface area contributed by atoms with Crippen molar-refractivity contribution in [2.75, 3.05) is 22.9 Å². The van der Waals surface area contributed by atoms with Crippen LogP contribution in [0.1, 0.15) is 25.0 Å². The molecule has 2 rings (SSSR count). The van der Waals surface area contributed by atoms with Gasteiger partial charge in [-0.1, -0.05) is 24.3 Å². The first-order valence-corrected chi connectivity index (χ1v) is 8.15. The fraction of sp³-hybridized carbons (Fsp3) is 0.263.